The summed E-state index contributed by atoms with van der Waals surface area (Å²) in [5.41, 5.74) is 0.0440. The predicted octanol–water partition coefficient (Wildman–Crippen LogP) is 0.390. The minimum absolute atomic E-state index is 0.0440. The summed E-state index contributed by atoms with van der Waals surface area (Å²) < 4.78 is 7.00. The molecule has 0 aliphatic rings. The van der Waals surface area contributed by atoms with Gasteiger partial charge in [-0.25, -0.2) is 0 Å². The van der Waals surface area contributed by atoms with Crippen molar-refractivity contribution < 1.29 is 6.17 Å². The number of aldehydes is 1. The van der Waals surface area contributed by atoms with Gasteiger partial charge in [-0.05, 0) is 15.9 Å². The van der Waals surface area contributed by atoms with Crippen LogP contribution in [-0.4, -0.2) is 21.3 Å². The SMILES string of the molecule is [2H]C(=O)c1nn(C)nc1Br. The van der Waals surface area contributed by atoms with Gasteiger partial charge in [0, 0.05) is 7.05 Å². The van der Waals surface area contributed by atoms with Crippen molar-refractivity contribution in [1.29, 1.82) is 0 Å². The second-order valence-electron chi connectivity index (χ2n) is 1.43. The first kappa shape index (κ1) is 5.10. The maximum absolute atomic E-state index is 10.4. The first-order valence-electron chi connectivity index (χ1n) is 2.69. The Morgan fingerprint density at radius 2 is 2.56 bits per heavy atom. The lowest BCUT2D eigenvalue weighted by molar-refractivity contribution is 0.111. The number of nitrogens with zero attached hydrogens (tertiary/aromatic N) is 3. The van der Waals surface area contributed by atoms with E-state index in [-0.39, 0.29) is 5.69 Å². The van der Waals surface area contributed by atoms with Gasteiger partial charge >= 0.3 is 0 Å². The van der Waals surface area contributed by atoms with E-state index in [1.165, 1.54) is 4.80 Å². The second kappa shape index (κ2) is 2.26. The first-order chi connectivity index (χ1) is 4.61. The zero-order valence-corrected chi connectivity index (χ0v) is 6.21. The average molecular weight is 191 g/mol. The van der Waals surface area contributed by atoms with Gasteiger partial charge in [0.2, 0.25) is 0 Å². The number of carbonyl (C=O) groups is 1. The van der Waals surface area contributed by atoms with Gasteiger partial charge in [0.15, 0.2) is 16.6 Å². The molecule has 1 aromatic rings. The summed E-state index contributed by atoms with van der Waals surface area (Å²) in [7, 11) is 1.58. The van der Waals surface area contributed by atoms with Gasteiger partial charge in [0.05, 0.1) is 0 Å². The molecular weight excluding hydrogens is 186 g/mol. The van der Waals surface area contributed by atoms with Crippen LogP contribution in [0.4, 0.5) is 0 Å². The van der Waals surface area contributed by atoms with Crippen LogP contribution >= 0.6 is 15.9 Å². The van der Waals surface area contributed by atoms with E-state index < -0.39 is 6.26 Å². The van der Waals surface area contributed by atoms with Crippen molar-refractivity contribution in [3.05, 3.63) is 10.3 Å². The van der Waals surface area contributed by atoms with Gasteiger partial charge in [-0.15, -0.1) is 10.2 Å². The lowest BCUT2D eigenvalue weighted by Gasteiger charge is -1.76. The van der Waals surface area contributed by atoms with Crippen molar-refractivity contribution in [3.8, 4) is 0 Å². The third kappa shape index (κ3) is 1.16. The molecule has 0 aliphatic carbocycles. The van der Waals surface area contributed by atoms with Crippen LogP contribution in [0.1, 0.15) is 11.9 Å². The molecule has 0 atom stereocenters. The first-order valence-corrected chi connectivity index (χ1v) is 2.98. The predicted molar refractivity (Wildman–Crippen MR) is 34.1 cm³/mol. The molecule has 0 radical (unpaired) electrons. The largest absolute Gasteiger partial charge is 0.296 e. The standard InChI is InChI=1S/C4H4BrN3O/c1-8-6-3(2-9)4(5)7-8/h2H,1H3/i2D. The summed E-state index contributed by atoms with van der Waals surface area (Å²) >= 11 is 2.98. The molecule has 0 spiro atoms. The molecule has 48 valence electrons. The van der Waals surface area contributed by atoms with Gasteiger partial charge in [0.25, 0.3) is 0 Å². The van der Waals surface area contributed by atoms with Crippen LogP contribution < -0.4 is 0 Å². The lowest BCUT2D eigenvalue weighted by Crippen LogP contribution is -1.92. The Kier molecular flexibility index (Phi) is 1.28. The van der Waals surface area contributed by atoms with Crippen molar-refractivity contribution in [1.82, 2.24) is 15.0 Å². The van der Waals surface area contributed by atoms with Gasteiger partial charge in [-0.3, -0.25) is 4.79 Å². The monoisotopic (exact) mass is 190 g/mol. The summed E-state index contributed by atoms with van der Waals surface area (Å²) in [6.07, 6.45) is -0.833. The number of halogens is 1. The lowest BCUT2D eigenvalue weighted by atomic mass is 10.6. The van der Waals surface area contributed by atoms with E-state index in [0.717, 1.165) is 0 Å². The molecule has 0 bridgehead atoms. The molecule has 9 heavy (non-hydrogen) atoms. The molecule has 0 aromatic carbocycles. The van der Waals surface area contributed by atoms with Crippen LogP contribution in [0.25, 0.3) is 0 Å². The average Bonchev–Trinajstić information content (AvgIpc) is 2.10. The van der Waals surface area contributed by atoms with Crippen LogP contribution in [0.5, 0.6) is 0 Å². The van der Waals surface area contributed by atoms with E-state index in [9.17, 15) is 4.79 Å². The molecule has 0 fully saturated rings. The van der Waals surface area contributed by atoms with Gasteiger partial charge in [-0.2, -0.15) is 4.80 Å². The Labute approximate surface area is 61.4 Å². The molecule has 0 amide bonds. The van der Waals surface area contributed by atoms with Crippen LogP contribution in [0.15, 0.2) is 4.60 Å². The third-order valence-electron chi connectivity index (χ3n) is 0.769. The molecular formula is C4H4BrN3O. The Morgan fingerprint density at radius 1 is 1.89 bits per heavy atom. The summed E-state index contributed by atoms with van der Waals surface area (Å²) in [5.74, 6) is 0. The fraction of sp³-hybridized carbons (Fsp3) is 0.250. The molecule has 1 aromatic heterocycles. The molecule has 0 N–H and O–H groups in total. The van der Waals surface area contributed by atoms with Crippen molar-refractivity contribution in [2.45, 2.75) is 0 Å². The zero-order chi connectivity index (χ0) is 7.72. The minimum atomic E-state index is -0.833. The molecule has 5 heteroatoms. The Bertz CT molecular complexity index is 271. The smallest absolute Gasteiger partial charge is 0.173 e. The quantitative estimate of drug-likeness (QED) is 0.603. The fourth-order valence-corrected chi connectivity index (χ4v) is 0.835. The van der Waals surface area contributed by atoms with E-state index in [1.807, 2.05) is 0 Å². The number of rotatable bonds is 1. The molecule has 0 saturated heterocycles. The highest BCUT2D eigenvalue weighted by Crippen LogP contribution is 2.06. The highest BCUT2D eigenvalue weighted by molar-refractivity contribution is 9.10. The number of aromatic nitrogens is 3. The fourth-order valence-electron chi connectivity index (χ4n) is 0.445. The third-order valence-corrected chi connectivity index (χ3v) is 1.30. The second-order valence-corrected chi connectivity index (χ2v) is 2.18. The highest BCUT2D eigenvalue weighted by Gasteiger charge is 2.02. The van der Waals surface area contributed by atoms with Crippen molar-refractivity contribution in [2.24, 2.45) is 7.05 Å². The van der Waals surface area contributed by atoms with Gasteiger partial charge < -0.3 is 0 Å². The maximum Gasteiger partial charge on any atom is 0.173 e. The van der Waals surface area contributed by atoms with Crippen LogP contribution in [0.2, 0.25) is 0 Å². The Morgan fingerprint density at radius 3 is 2.78 bits per heavy atom. The van der Waals surface area contributed by atoms with E-state index >= 15 is 0 Å². The summed E-state index contributed by atoms with van der Waals surface area (Å²) in [6, 6.07) is 0. The van der Waals surface area contributed by atoms with Gasteiger partial charge in [0.1, 0.15) is 1.37 Å². The number of aryl methyl sites for hydroxylation is 1. The van der Waals surface area contributed by atoms with Crippen molar-refractivity contribution in [3.63, 3.8) is 0 Å². The van der Waals surface area contributed by atoms with E-state index in [1.54, 1.807) is 7.05 Å². The van der Waals surface area contributed by atoms with Crippen molar-refractivity contribution in [2.75, 3.05) is 0 Å². The topological polar surface area (TPSA) is 47.8 Å². The summed E-state index contributed by atoms with van der Waals surface area (Å²) in [5, 5.41) is 7.35. The van der Waals surface area contributed by atoms with Crippen molar-refractivity contribution >= 4 is 22.2 Å². The maximum atomic E-state index is 10.4. The van der Waals surface area contributed by atoms with Crippen LogP contribution in [-0.2, 0) is 7.05 Å². The number of hydrogen-bond acceptors (Lipinski definition) is 3. The van der Waals surface area contributed by atoms with Crippen LogP contribution in [0.3, 0.4) is 0 Å². The Hall–Kier alpha value is -0.710. The summed E-state index contributed by atoms with van der Waals surface area (Å²) in [6.45, 7) is 0. The highest BCUT2D eigenvalue weighted by atomic mass is 79.9. The molecule has 0 aliphatic heterocycles. The Balaban J connectivity index is 3.15. The van der Waals surface area contributed by atoms with E-state index in [2.05, 4.69) is 26.1 Å². The molecule has 0 saturated carbocycles. The summed E-state index contributed by atoms with van der Waals surface area (Å²) in [4.78, 5) is 11.6. The molecule has 0 unspecified atom stereocenters. The molecule has 1 rings (SSSR count). The zero-order valence-electron chi connectivity index (χ0n) is 5.63. The van der Waals surface area contributed by atoms with Gasteiger partial charge in [-0.1, -0.05) is 0 Å². The normalized spacial score (nSPS) is 11.1. The van der Waals surface area contributed by atoms with E-state index in [4.69, 9.17) is 1.37 Å². The number of hydrogen-bond donors (Lipinski definition) is 0. The van der Waals surface area contributed by atoms with Crippen LogP contribution in [0, 0.1) is 0 Å². The van der Waals surface area contributed by atoms with E-state index in [0.29, 0.717) is 4.60 Å². The molecule has 1 heterocycles. The number of carbonyl (C=O) groups excluding carboxylic acids is 1. The molecule has 4 nitrogen and oxygen atoms in total. The minimum Gasteiger partial charge on any atom is -0.296 e.